The van der Waals surface area contributed by atoms with Crippen molar-refractivity contribution in [2.45, 2.75) is 30.7 Å². The van der Waals surface area contributed by atoms with Crippen molar-refractivity contribution in [3.8, 4) is 0 Å². The predicted octanol–water partition coefficient (Wildman–Crippen LogP) is 4.47. The van der Waals surface area contributed by atoms with E-state index in [0.29, 0.717) is 22.7 Å². The molecule has 0 bridgehead atoms. The minimum absolute atomic E-state index is 0.0150. The zero-order chi connectivity index (χ0) is 22.7. The van der Waals surface area contributed by atoms with E-state index in [9.17, 15) is 13.2 Å². The van der Waals surface area contributed by atoms with Crippen LogP contribution in [0.25, 0.3) is 11.0 Å². The van der Waals surface area contributed by atoms with E-state index in [1.165, 1.54) is 6.07 Å². The summed E-state index contributed by atoms with van der Waals surface area (Å²) in [5, 5.41) is 2.82. The van der Waals surface area contributed by atoms with Crippen molar-refractivity contribution in [2.24, 2.45) is 0 Å². The Hall–Kier alpha value is -3.14. The lowest BCUT2D eigenvalue weighted by atomic mass is 10.0. The number of sulfonamides is 1. The Bertz CT molecular complexity index is 1330. The molecule has 0 radical (unpaired) electrons. The fourth-order valence-corrected chi connectivity index (χ4v) is 5.25. The van der Waals surface area contributed by atoms with E-state index >= 15 is 0 Å². The summed E-state index contributed by atoms with van der Waals surface area (Å²) in [5.74, 6) is -0.118. The third-order valence-corrected chi connectivity index (χ3v) is 7.05. The molecule has 1 atom stereocenters. The Kier molecular flexibility index (Phi) is 6.31. The molecule has 0 fully saturated rings. The first-order valence-electron chi connectivity index (χ1n) is 10.0. The van der Waals surface area contributed by atoms with Crippen molar-refractivity contribution in [3.63, 3.8) is 0 Å². The summed E-state index contributed by atoms with van der Waals surface area (Å²) in [5.41, 5.74) is 3.03. The molecule has 9 heteroatoms. The summed E-state index contributed by atoms with van der Waals surface area (Å²) in [6.45, 7) is 4.18. The molecular formula is C23H22N4O3S2. The van der Waals surface area contributed by atoms with Crippen LogP contribution in [0.4, 0.5) is 5.69 Å². The number of benzene rings is 3. The van der Waals surface area contributed by atoms with Crippen molar-refractivity contribution >= 4 is 44.4 Å². The minimum Gasteiger partial charge on any atom is -0.324 e. The third-order valence-electron chi connectivity index (χ3n) is 5.05. The van der Waals surface area contributed by atoms with Gasteiger partial charge in [-0.2, -0.15) is 13.5 Å². The van der Waals surface area contributed by atoms with Crippen molar-refractivity contribution in [3.05, 3.63) is 83.9 Å². The van der Waals surface area contributed by atoms with Gasteiger partial charge in [0.15, 0.2) is 0 Å². The Labute approximate surface area is 190 Å². The molecule has 7 nitrogen and oxygen atoms in total. The zero-order valence-electron chi connectivity index (χ0n) is 17.5. The fraction of sp³-hybridized carbons (Fsp3) is 0.174. The molecule has 0 aliphatic rings. The topological polar surface area (TPSA) is 101 Å². The van der Waals surface area contributed by atoms with Crippen molar-refractivity contribution in [2.75, 3.05) is 5.32 Å². The molecule has 3 aromatic carbocycles. The molecule has 4 rings (SSSR count). The highest BCUT2D eigenvalue weighted by atomic mass is 32.2. The van der Waals surface area contributed by atoms with E-state index in [1.54, 1.807) is 42.5 Å². The largest absolute Gasteiger partial charge is 0.324 e. The van der Waals surface area contributed by atoms with Crippen LogP contribution >= 0.6 is 11.7 Å². The minimum atomic E-state index is -4.07. The summed E-state index contributed by atoms with van der Waals surface area (Å²) in [6, 6.07) is 19.9. The maximum atomic E-state index is 13.3. The lowest BCUT2D eigenvalue weighted by molar-refractivity contribution is -0.117. The van der Waals surface area contributed by atoms with Gasteiger partial charge in [0.2, 0.25) is 15.9 Å². The van der Waals surface area contributed by atoms with Crippen LogP contribution in [0.1, 0.15) is 36.9 Å². The first kappa shape index (κ1) is 22.1. The van der Waals surface area contributed by atoms with Gasteiger partial charge >= 0.3 is 0 Å². The van der Waals surface area contributed by atoms with E-state index < -0.39 is 22.0 Å². The molecule has 2 N–H and O–H groups in total. The standard InChI is InChI=1S/C23H22N4O3S2/c1-15(2)16-11-13-18(14-12-16)24-23(28)21(17-7-4-3-5-8-17)27-32(29,30)20-10-6-9-19-22(20)26-31-25-19/h3-15,21,27H,1-2H3,(H,24,28)/t21-/m1/s1. The number of amides is 1. The fourth-order valence-electron chi connectivity index (χ4n) is 3.30. The number of carbonyl (C=O) groups excluding carboxylic acids is 1. The Balaban J connectivity index is 1.65. The number of nitrogens with zero attached hydrogens (tertiary/aromatic N) is 2. The van der Waals surface area contributed by atoms with Crippen molar-refractivity contribution in [1.82, 2.24) is 13.5 Å². The molecule has 1 heterocycles. The van der Waals surface area contributed by atoms with Gasteiger partial charge in [0.05, 0.1) is 11.7 Å². The van der Waals surface area contributed by atoms with Crippen LogP contribution in [0.5, 0.6) is 0 Å². The summed E-state index contributed by atoms with van der Waals surface area (Å²) in [4.78, 5) is 13.2. The van der Waals surface area contributed by atoms with Gasteiger partial charge in [-0.05, 0) is 41.3 Å². The van der Waals surface area contributed by atoms with Crippen molar-refractivity contribution < 1.29 is 13.2 Å². The second kappa shape index (κ2) is 9.15. The van der Waals surface area contributed by atoms with Crippen LogP contribution in [-0.4, -0.2) is 23.1 Å². The lowest BCUT2D eigenvalue weighted by Gasteiger charge is -2.19. The number of aromatic nitrogens is 2. The average molecular weight is 467 g/mol. The zero-order valence-corrected chi connectivity index (χ0v) is 19.2. The third kappa shape index (κ3) is 4.69. The molecule has 1 amide bonds. The Morgan fingerprint density at radius 1 is 0.875 bits per heavy atom. The predicted molar refractivity (Wildman–Crippen MR) is 126 cm³/mol. The van der Waals surface area contributed by atoms with E-state index in [-0.39, 0.29) is 10.4 Å². The second-order valence-corrected chi connectivity index (χ2v) is 9.83. The molecule has 1 aromatic heterocycles. The smallest absolute Gasteiger partial charge is 0.247 e. The number of anilines is 1. The molecule has 4 aromatic rings. The Morgan fingerprint density at radius 2 is 1.59 bits per heavy atom. The van der Waals surface area contributed by atoms with E-state index in [4.69, 9.17) is 0 Å². The second-order valence-electron chi connectivity index (χ2n) is 7.62. The molecular weight excluding hydrogens is 444 g/mol. The highest BCUT2D eigenvalue weighted by molar-refractivity contribution is 7.89. The van der Waals surface area contributed by atoms with E-state index in [2.05, 4.69) is 32.6 Å². The molecule has 0 aliphatic heterocycles. The van der Waals surface area contributed by atoms with Crippen LogP contribution in [0.3, 0.4) is 0 Å². The number of carbonyl (C=O) groups is 1. The highest BCUT2D eigenvalue weighted by Crippen LogP contribution is 2.25. The summed E-state index contributed by atoms with van der Waals surface area (Å²) in [7, 11) is -4.07. The van der Waals surface area contributed by atoms with Gasteiger partial charge in [-0.25, -0.2) is 8.42 Å². The number of rotatable bonds is 7. The normalized spacial score (nSPS) is 12.7. The summed E-state index contributed by atoms with van der Waals surface area (Å²) < 4.78 is 37.3. The van der Waals surface area contributed by atoms with Crippen molar-refractivity contribution in [1.29, 1.82) is 0 Å². The highest BCUT2D eigenvalue weighted by Gasteiger charge is 2.29. The number of hydrogen-bond donors (Lipinski definition) is 2. The van der Waals surface area contributed by atoms with Gasteiger partial charge in [-0.1, -0.05) is 62.4 Å². The van der Waals surface area contributed by atoms with E-state index in [1.807, 2.05) is 24.3 Å². The monoisotopic (exact) mass is 466 g/mol. The number of hydrogen-bond acceptors (Lipinski definition) is 6. The number of nitrogens with one attached hydrogen (secondary N) is 2. The summed E-state index contributed by atoms with van der Waals surface area (Å²) in [6.07, 6.45) is 0. The molecule has 32 heavy (non-hydrogen) atoms. The Morgan fingerprint density at radius 3 is 2.28 bits per heavy atom. The average Bonchev–Trinajstić information content (AvgIpc) is 3.27. The van der Waals surface area contributed by atoms with Crippen LogP contribution in [0, 0.1) is 0 Å². The lowest BCUT2D eigenvalue weighted by Crippen LogP contribution is -2.37. The SMILES string of the molecule is CC(C)c1ccc(NC(=O)[C@H](NS(=O)(=O)c2cccc3nsnc23)c2ccccc2)cc1. The van der Waals surface area contributed by atoms with Crippen LogP contribution in [0.15, 0.2) is 77.7 Å². The first-order valence-corrected chi connectivity index (χ1v) is 12.3. The maximum absolute atomic E-state index is 13.3. The molecule has 164 valence electrons. The van der Waals surface area contributed by atoms with Crippen LogP contribution in [-0.2, 0) is 14.8 Å². The van der Waals surface area contributed by atoms with Gasteiger partial charge in [0.1, 0.15) is 22.0 Å². The van der Waals surface area contributed by atoms with Gasteiger partial charge in [0, 0.05) is 5.69 Å². The molecule has 0 aliphatic carbocycles. The molecule has 0 saturated carbocycles. The van der Waals surface area contributed by atoms with E-state index in [0.717, 1.165) is 17.3 Å². The first-order chi connectivity index (χ1) is 15.3. The molecule has 0 unspecified atom stereocenters. The van der Waals surface area contributed by atoms with Crippen LogP contribution < -0.4 is 10.0 Å². The molecule has 0 saturated heterocycles. The van der Waals surface area contributed by atoms with Gasteiger partial charge in [0.25, 0.3) is 0 Å². The maximum Gasteiger partial charge on any atom is 0.247 e. The van der Waals surface area contributed by atoms with Gasteiger partial charge < -0.3 is 5.32 Å². The summed E-state index contributed by atoms with van der Waals surface area (Å²) >= 11 is 0.938. The van der Waals surface area contributed by atoms with Gasteiger partial charge in [-0.3, -0.25) is 4.79 Å². The van der Waals surface area contributed by atoms with Gasteiger partial charge in [-0.15, -0.1) is 0 Å². The molecule has 0 spiro atoms. The van der Waals surface area contributed by atoms with Crippen LogP contribution in [0.2, 0.25) is 0 Å². The number of fused-ring (bicyclic) bond motifs is 1. The quantitative estimate of drug-likeness (QED) is 0.418.